The van der Waals surface area contributed by atoms with E-state index in [9.17, 15) is 19.7 Å². The maximum atomic E-state index is 11.5. The molecule has 0 heterocycles. The van der Waals surface area contributed by atoms with Crippen molar-refractivity contribution in [1.82, 2.24) is 0 Å². The number of benzene rings is 1. The maximum absolute atomic E-state index is 11.5. The summed E-state index contributed by atoms with van der Waals surface area (Å²) in [5.74, 6) is -1.52. The molecule has 0 bridgehead atoms. The Morgan fingerprint density at radius 2 is 1.91 bits per heavy atom. The van der Waals surface area contributed by atoms with E-state index in [-0.39, 0.29) is 17.1 Å². The summed E-state index contributed by atoms with van der Waals surface area (Å²) in [6, 6.07) is 5.75. The largest absolute Gasteiger partial charge is 0.466 e. The first-order chi connectivity index (χ1) is 10.5. The normalized spacial score (nSPS) is 11.1. The van der Waals surface area contributed by atoms with E-state index in [0.717, 1.165) is 19.3 Å². The van der Waals surface area contributed by atoms with E-state index in [1.165, 1.54) is 25.3 Å². The number of hydrogen-bond acceptors (Lipinski definition) is 8. The van der Waals surface area contributed by atoms with Crippen LogP contribution in [0.5, 0.6) is 0 Å². The molecule has 0 aliphatic heterocycles. The van der Waals surface area contributed by atoms with Gasteiger partial charge < -0.3 is 9.47 Å². The molecular weight excluding hydrogens is 294 g/mol. The van der Waals surface area contributed by atoms with Gasteiger partial charge in [-0.25, -0.2) is 9.59 Å². The van der Waals surface area contributed by atoms with E-state index in [1.54, 1.807) is 6.07 Å². The van der Waals surface area contributed by atoms with E-state index in [0.29, 0.717) is 0 Å². The molecule has 9 heteroatoms. The lowest BCUT2D eigenvalue weighted by Gasteiger charge is -2.03. The second-order valence-electron chi connectivity index (χ2n) is 3.73. The third kappa shape index (κ3) is 4.71. The summed E-state index contributed by atoms with van der Waals surface area (Å²) in [7, 11) is 2.31. The Hall–Kier alpha value is -3.23. The predicted molar refractivity (Wildman–Crippen MR) is 77.3 cm³/mol. The second kappa shape index (κ2) is 8.15. The van der Waals surface area contributed by atoms with Crippen molar-refractivity contribution in [1.29, 1.82) is 0 Å². The minimum atomic E-state index is -0.828. The summed E-state index contributed by atoms with van der Waals surface area (Å²) in [5, 5.41) is 14.6. The summed E-state index contributed by atoms with van der Waals surface area (Å²) in [6.45, 7) is 0. The Morgan fingerprint density at radius 3 is 2.50 bits per heavy atom. The summed E-state index contributed by atoms with van der Waals surface area (Å²) in [4.78, 5) is 32.8. The molecule has 0 saturated heterocycles. The van der Waals surface area contributed by atoms with Crippen LogP contribution in [0.4, 0.5) is 11.4 Å². The average molecular weight is 307 g/mol. The first kappa shape index (κ1) is 16.8. The molecule has 1 aromatic carbocycles. The topological polar surface area (TPSA) is 120 Å². The number of anilines is 1. The van der Waals surface area contributed by atoms with Crippen molar-refractivity contribution in [3.8, 4) is 0 Å². The van der Waals surface area contributed by atoms with Crippen molar-refractivity contribution in [2.75, 3.05) is 19.6 Å². The molecule has 22 heavy (non-hydrogen) atoms. The number of esters is 2. The lowest BCUT2D eigenvalue weighted by atomic mass is 10.3. The third-order valence-corrected chi connectivity index (χ3v) is 2.37. The van der Waals surface area contributed by atoms with Crippen LogP contribution in [0.1, 0.15) is 0 Å². The van der Waals surface area contributed by atoms with Gasteiger partial charge in [-0.3, -0.25) is 15.5 Å². The molecule has 0 aliphatic rings. The van der Waals surface area contributed by atoms with Crippen LogP contribution in [0.15, 0.2) is 41.5 Å². The van der Waals surface area contributed by atoms with Crippen LogP contribution < -0.4 is 5.43 Å². The number of hydrogen-bond donors (Lipinski definition) is 1. The van der Waals surface area contributed by atoms with E-state index in [2.05, 4.69) is 20.0 Å². The van der Waals surface area contributed by atoms with Gasteiger partial charge in [-0.1, -0.05) is 12.1 Å². The van der Waals surface area contributed by atoms with Crippen LogP contribution in [-0.2, 0) is 19.1 Å². The van der Waals surface area contributed by atoms with Crippen LogP contribution in [0, 0.1) is 10.1 Å². The monoisotopic (exact) mass is 307 g/mol. The molecule has 116 valence electrons. The zero-order valence-corrected chi connectivity index (χ0v) is 11.8. The van der Waals surface area contributed by atoms with Crippen molar-refractivity contribution < 1.29 is 24.0 Å². The Labute approximate surface area is 125 Å². The molecule has 0 amide bonds. The maximum Gasteiger partial charge on any atom is 0.358 e. The predicted octanol–water partition coefficient (Wildman–Crippen LogP) is 1.26. The molecule has 0 aromatic heterocycles. The van der Waals surface area contributed by atoms with Crippen LogP contribution in [0.3, 0.4) is 0 Å². The average Bonchev–Trinajstić information content (AvgIpc) is 2.54. The first-order valence-corrected chi connectivity index (χ1v) is 5.91. The lowest BCUT2D eigenvalue weighted by Crippen LogP contribution is -2.16. The van der Waals surface area contributed by atoms with E-state index < -0.39 is 16.9 Å². The SMILES string of the molecule is COC(=O)/C=C/C(=N\Nc1ccccc1[N+](=O)[O-])C(=O)OC. The molecule has 0 fully saturated rings. The van der Waals surface area contributed by atoms with Crippen molar-refractivity contribution in [2.24, 2.45) is 5.10 Å². The number of ether oxygens (including phenoxy) is 2. The second-order valence-corrected chi connectivity index (χ2v) is 3.73. The Bertz CT molecular complexity index is 638. The molecular formula is C13H13N3O6. The molecule has 0 aliphatic carbocycles. The minimum absolute atomic E-state index is 0.0837. The third-order valence-electron chi connectivity index (χ3n) is 2.37. The Balaban J connectivity index is 3.04. The fraction of sp³-hybridized carbons (Fsp3) is 0.154. The zero-order chi connectivity index (χ0) is 16.5. The number of nitro benzene ring substituents is 1. The van der Waals surface area contributed by atoms with Gasteiger partial charge in [-0.05, 0) is 12.1 Å². The van der Waals surface area contributed by atoms with E-state index >= 15 is 0 Å². The molecule has 1 aromatic rings. The molecule has 0 spiro atoms. The Kier molecular flexibility index (Phi) is 6.23. The summed E-state index contributed by atoms with van der Waals surface area (Å²) < 4.78 is 8.88. The van der Waals surface area contributed by atoms with Gasteiger partial charge in [0.05, 0.1) is 19.1 Å². The molecule has 0 radical (unpaired) electrons. The highest BCUT2D eigenvalue weighted by molar-refractivity contribution is 6.41. The van der Waals surface area contributed by atoms with Crippen LogP contribution in [0.25, 0.3) is 0 Å². The fourth-order valence-corrected chi connectivity index (χ4v) is 1.32. The van der Waals surface area contributed by atoms with Crippen LogP contribution in [-0.4, -0.2) is 36.8 Å². The highest BCUT2D eigenvalue weighted by Crippen LogP contribution is 2.22. The smallest absolute Gasteiger partial charge is 0.358 e. The number of carbonyl (C=O) groups excluding carboxylic acids is 2. The molecule has 1 rings (SSSR count). The number of hydrazone groups is 1. The minimum Gasteiger partial charge on any atom is -0.466 e. The zero-order valence-electron chi connectivity index (χ0n) is 11.8. The van der Waals surface area contributed by atoms with E-state index in [4.69, 9.17) is 0 Å². The number of nitrogens with one attached hydrogen (secondary N) is 1. The molecule has 1 N–H and O–H groups in total. The Morgan fingerprint density at radius 1 is 1.23 bits per heavy atom. The highest BCUT2D eigenvalue weighted by Gasteiger charge is 2.13. The number of carbonyl (C=O) groups is 2. The fourth-order valence-electron chi connectivity index (χ4n) is 1.32. The van der Waals surface area contributed by atoms with Crippen molar-refractivity contribution in [3.63, 3.8) is 0 Å². The van der Waals surface area contributed by atoms with Gasteiger partial charge in [-0.2, -0.15) is 5.10 Å². The van der Waals surface area contributed by atoms with Crippen LogP contribution in [0.2, 0.25) is 0 Å². The summed E-state index contributed by atoms with van der Waals surface area (Å²) >= 11 is 0. The van der Waals surface area contributed by atoms with Gasteiger partial charge in [0.15, 0.2) is 5.71 Å². The number of nitro groups is 1. The standard InChI is InChI=1S/C13H13N3O6/c1-21-12(17)8-7-10(13(18)22-2)15-14-9-5-3-4-6-11(9)16(19)20/h3-8,14H,1-2H3/b8-7+,15-10+. The van der Waals surface area contributed by atoms with Crippen molar-refractivity contribution in [2.45, 2.75) is 0 Å². The first-order valence-electron chi connectivity index (χ1n) is 5.91. The summed E-state index contributed by atoms with van der Waals surface area (Å²) in [5.41, 5.74) is 2.00. The lowest BCUT2D eigenvalue weighted by molar-refractivity contribution is -0.384. The number of nitrogens with zero attached hydrogens (tertiary/aromatic N) is 2. The van der Waals surface area contributed by atoms with Gasteiger partial charge in [0, 0.05) is 12.1 Å². The molecule has 0 saturated carbocycles. The summed E-state index contributed by atoms with van der Waals surface area (Å²) in [6.07, 6.45) is 2.04. The van der Waals surface area contributed by atoms with Gasteiger partial charge in [0.2, 0.25) is 0 Å². The van der Waals surface area contributed by atoms with Gasteiger partial charge >= 0.3 is 11.9 Å². The van der Waals surface area contributed by atoms with Crippen molar-refractivity contribution >= 4 is 29.0 Å². The quantitative estimate of drug-likeness (QED) is 0.276. The number of methoxy groups -OCH3 is 2. The van der Waals surface area contributed by atoms with Gasteiger partial charge in [0.1, 0.15) is 5.69 Å². The van der Waals surface area contributed by atoms with E-state index in [1.807, 2.05) is 0 Å². The highest BCUT2D eigenvalue weighted by atomic mass is 16.6. The van der Waals surface area contributed by atoms with Gasteiger partial charge in [0.25, 0.3) is 5.69 Å². The van der Waals surface area contributed by atoms with Crippen molar-refractivity contribution in [3.05, 3.63) is 46.5 Å². The van der Waals surface area contributed by atoms with Gasteiger partial charge in [-0.15, -0.1) is 0 Å². The molecule has 0 unspecified atom stereocenters. The van der Waals surface area contributed by atoms with Crippen LogP contribution >= 0.6 is 0 Å². The number of rotatable bonds is 6. The number of para-hydroxylation sites is 2. The molecule has 0 atom stereocenters. The molecule has 9 nitrogen and oxygen atoms in total.